The van der Waals surface area contributed by atoms with Gasteiger partial charge in [-0.15, -0.1) is 0 Å². The van der Waals surface area contributed by atoms with Crippen molar-refractivity contribution in [1.82, 2.24) is 67.9 Å². The number of fused-ring (bicyclic) bond motifs is 2. The van der Waals surface area contributed by atoms with E-state index in [0.717, 1.165) is 33.4 Å². The van der Waals surface area contributed by atoms with Crippen molar-refractivity contribution in [3.05, 3.63) is 0 Å². The highest BCUT2D eigenvalue weighted by Crippen LogP contribution is 2.29. The number of nitrogens with two attached hydrogens (primary N) is 4. The summed E-state index contributed by atoms with van der Waals surface area (Å²) in [4.78, 5) is 217. The van der Waals surface area contributed by atoms with Crippen molar-refractivity contribution < 1.29 is 92.3 Å². The van der Waals surface area contributed by atoms with Gasteiger partial charge in [-0.3, -0.25) is 72.1 Å². The second-order valence-electron chi connectivity index (χ2n) is 25.3. The van der Waals surface area contributed by atoms with Crippen molar-refractivity contribution in [3.63, 3.8) is 0 Å². The Balaban J connectivity index is 1.86. The third-order valence-electron chi connectivity index (χ3n) is 17.8. The maximum absolute atomic E-state index is 14.9. The topological polar surface area (TPSA) is 583 Å². The number of carboxylic acid groups (broad SMARTS) is 2. The van der Waals surface area contributed by atoms with Crippen LogP contribution in [0.2, 0.25) is 0 Å². The predicted molar refractivity (Wildman–Crippen MR) is 364 cm³/mol. The number of nitrogens with zero attached hydrogens (tertiary/aromatic N) is 4. The average molecular weight is 1460 g/mol. The summed E-state index contributed by atoms with van der Waals surface area (Å²) in [5.74, 6) is -17.4. The Morgan fingerprint density at radius 2 is 1.21 bits per heavy atom. The van der Waals surface area contributed by atoms with Crippen molar-refractivity contribution in [2.45, 2.75) is 216 Å². The molecule has 0 spiro atoms. The lowest BCUT2D eigenvalue weighted by Crippen LogP contribution is -2.62. The minimum absolute atomic E-state index is 0.00580. The first-order chi connectivity index (χ1) is 47.3. The standard InChI is InChI=1S/C61H102N18O19S2/c1-7-30(3)45-55(92)73-38(51(88)67-32(5)57(94)77-22-12-17-40(77)53(90)70-36(60(97)98)25-44(83)84)28-99-100-29-39(72-48(85)34(68-43(82)26-63)16-11-21-66-61(64)65)52(89)76-47(33(6)81)56(93)69-35(15-9-10-20-62)49(86)71-37(27-80)50(87)75-46(31(4)8-2)59(96)79-24-14-19-42(79)58(95)78-23-13-18-41(78)54(91)74-45/h30-42,45-47,80-81H,7-29,62-63H2,1-6H3,(H,67,88)(H,68,82)(H,69,93)(H,70,90)(H,71,86)(H,72,85)(H,73,92)(H,74,91)(H,75,87)(H,76,89)(H,83,84)(H,97,98)(H4,64,65,66)/t30-,31-,32-,33+,34-,35-,36-,37-,38-,39-,40-,41-,42-,45-,46-,47-/m0/s1. The first kappa shape index (κ1) is 84.3. The smallest absolute Gasteiger partial charge is 0.326 e. The van der Waals surface area contributed by atoms with Crippen molar-refractivity contribution in [1.29, 1.82) is 0 Å². The molecule has 0 bridgehead atoms. The molecule has 0 aromatic heterocycles. The molecule has 4 aliphatic rings. The Morgan fingerprint density at radius 3 is 1.81 bits per heavy atom. The molecule has 13 amide bonds. The molecule has 4 fully saturated rings. The van der Waals surface area contributed by atoms with E-state index >= 15 is 0 Å². The van der Waals surface area contributed by atoms with Gasteiger partial charge in [0.15, 0.2) is 5.96 Å². The van der Waals surface area contributed by atoms with Crippen LogP contribution < -0.4 is 76.1 Å². The summed E-state index contributed by atoms with van der Waals surface area (Å²) in [5.41, 5.74) is 22.3. The van der Waals surface area contributed by atoms with Crippen LogP contribution in [0.15, 0.2) is 4.99 Å². The summed E-state index contributed by atoms with van der Waals surface area (Å²) >= 11 is 0. The number of aliphatic hydroxyl groups excluding tert-OH is 2. The molecule has 22 N–H and O–H groups in total. The minimum Gasteiger partial charge on any atom is -0.481 e. The van der Waals surface area contributed by atoms with Gasteiger partial charge in [0.2, 0.25) is 76.8 Å². The van der Waals surface area contributed by atoms with E-state index in [1.54, 1.807) is 27.7 Å². The second kappa shape index (κ2) is 41.6. The maximum atomic E-state index is 14.9. The van der Waals surface area contributed by atoms with Gasteiger partial charge in [0.1, 0.15) is 78.5 Å². The molecule has 0 radical (unpaired) electrons. The van der Waals surface area contributed by atoms with Crippen molar-refractivity contribution in [3.8, 4) is 0 Å². The molecule has 0 aromatic rings. The Bertz CT molecular complexity index is 2950. The fourth-order valence-electron chi connectivity index (χ4n) is 11.7. The molecule has 0 aliphatic carbocycles. The van der Waals surface area contributed by atoms with Gasteiger partial charge in [0.25, 0.3) is 0 Å². The van der Waals surface area contributed by atoms with E-state index in [9.17, 15) is 92.3 Å². The molecule has 0 unspecified atom stereocenters. The van der Waals surface area contributed by atoms with Gasteiger partial charge < -0.3 is 111 Å². The molecule has 100 heavy (non-hydrogen) atoms. The number of aliphatic imine (C=N–C) groups is 1. The monoisotopic (exact) mass is 1450 g/mol. The van der Waals surface area contributed by atoms with Crippen LogP contribution in [-0.2, 0) is 71.9 Å². The predicted octanol–water partition coefficient (Wildman–Crippen LogP) is -6.61. The normalized spacial score (nSPS) is 26.0. The lowest BCUT2D eigenvalue weighted by molar-refractivity contribution is -0.149. The molecule has 37 nitrogen and oxygen atoms in total. The SMILES string of the molecule is CC[C@H](C)[C@@H]1NC(=O)[C@@H]2CCCN2C(=O)[C@@H]2CCCN2C(=O)[C@H]([C@@H](C)CC)NC(=O)[C@H](CO)NC(=O)[C@H](CCCCN)NC(=O)[C@H]([C@@H](C)O)NC(=O)[C@@H](NC(=O)[C@H](CCCN=C(N)N)NC(=O)CN)CSSC[C@@H](C(=O)N[C@@H](C)C(=O)N2CCC[C@H]2C(=O)N[C@@H](CC(=O)O)C(=O)O)NC1=O. The lowest BCUT2D eigenvalue weighted by atomic mass is 9.96. The van der Waals surface area contributed by atoms with E-state index in [0.29, 0.717) is 25.7 Å². The summed E-state index contributed by atoms with van der Waals surface area (Å²) in [5, 5.41) is 65.9. The van der Waals surface area contributed by atoms with E-state index in [2.05, 4.69) is 58.2 Å². The summed E-state index contributed by atoms with van der Waals surface area (Å²) in [7, 11) is 1.64. The van der Waals surface area contributed by atoms with Crippen molar-refractivity contribution in [2.24, 2.45) is 39.8 Å². The highest BCUT2D eigenvalue weighted by molar-refractivity contribution is 8.76. The number of carbonyl (C=O) groups excluding carboxylic acids is 13. The van der Waals surface area contributed by atoms with Crippen LogP contribution in [-0.4, -0.2) is 272 Å². The van der Waals surface area contributed by atoms with Crippen LogP contribution in [0.1, 0.15) is 131 Å². The number of nitrogens with one attached hydrogen (secondary N) is 10. The van der Waals surface area contributed by atoms with Gasteiger partial charge in [-0.25, -0.2) is 4.79 Å². The number of aliphatic hydroxyl groups is 2. The molecule has 39 heteroatoms. The number of amides is 13. The minimum atomic E-state index is -1.91. The maximum Gasteiger partial charge on any atom is 0.326 e. The Labute approximate surface area is 587 Å². The number of hydrogen-bond acceptors (Lipinski definition) is 22. The third kappa shape index (κ3) is 24.9. The van der Waals surface area contributed by atoms with Crippen molar-refractivity contribution >= 4 is 116 Å². The van der Waals surface area contributed by atoms with Crippen LogP contribution >= 0.6 is 21.6 Å². The molecular formula is C61H102N18O19S2. The van der Waals surface area contributed by atoms with E-state index < -0.39 is 216 Å². The van der Waals surface area contributed by atoms with Crippen LogP contribution in [0.3, 0.4) is 0 Å². The zero-order chi connectivity index (χ0) is 74.7. The molecule has 4 rings (SSSR count). The van der Waals surface area contributed by atoms with Gasteiger partial charge in [0.05, 0.1) is 25.7 Å². The van der Waals surface area contributed by atoms with Gasteiger partial charge >= 0.3 is 11.9 Å². The number of likely N-dealkylation sites (tertiary alicyclic amines) is 1. The quantitative estimate of drug-likeness (QED) is 0.0166. The first-order valence-corrected chi connectivity index (χ1v) is 36.2. The largest absolute Gasteiger partial charge is 0.481 e. The highest BCUT2D eigenvalue weighted by atomic mass is 33.1. The van der Waals surface area contributed by atoms with Gasteiger partial charge in [-0.1, -0.05) is 62.1 Å². The third-order valence-corrected chi connectivity index (χ3v) is 20.3. The number of aliphatic carboxylic acids is 2. The van der Waals surface area contributed by atoms with Gasteiger partial charge in [-0.2, -0.15) is 0 Å². The first-order valence-electron chi connectivity index (χ1n) is 33.7. The number of carboxylic acids is 2. The number of guanidine groups is 1. The summed E-state index contributed by atoms with van der Waals surface area (Å²) < 4.78 is 0. The van der Waals surface area contributed by atoms with E-state index in [4.69, 9.17) is 22.9 Å². The van der Waals surface area contributed by atoms with Crippen LogP contribution in [0, 0.1) is 11.8 Å². The van der Waals surface area contributed by atoms with Gasteiger partial charge in [0, 0.05) is 37.7 Å². The number of carbonyl (C=O) groups is 15. The van der Waals surface area contributed by atoms with Crippen LogP contribution in [0.5, 0.6) is 0 Å². The number of hydrogen-bond donors (Lipinski definition) is 18. The molecule has 4 heterocycles. The molecule has 562 valence electrons. The summed E-state index contributed by atoms with van der Waals surface area (Å²) in [6.07, 6.45) is -0.480. The van der Waals surface area contributed by atoms with Crippen molar-refractivity contribution in [2.75, 3.05) is 57.4 Å². The second-order valence-corrected chi connectivity index (χ2v) is 27.9. The number of rotatable bonds is 26. The molecule has 4 aliphatic heterocycles. The lowest BCUT2D eigenvalue weighted by Gasteiger charge is -2.35. The van der Waals surface area contributed by atoms with Crippen LogP contribution in [0.4, 0.5) is 0 Å². The molecule has 4 saturated heterocycles. The average Bonchev–Trinajstić information content (AvgIpc) is 1.60. The van der Waals surface area contributed by atoms with E-state index in [1.165, 1.54) is 16.7 Å². The Hall–Kier alpha value is -8.14. The molecule has 0 aromatic carbocycles. The summed E-state index contributed by atoms with van der Waals surface area (Å²) in [6, 6.07) is -19.6. The Morgan fingerprint density at radius 1 is 0.630 bits per heavy atom. The zero-order valence-corrected chi connectivity index (χ0v) is 59.0. The number of unbranched alkanes of at least 4 members (excludes halogenated alkanes) is 1. The van der Waals surface area contributed by atoms with Gasteiger partial charge in [-0.05, 0) is 103 Å². The Kier molecular flexibility index (Phi) is 35.0. The summed E-state index contributed by atoms with van der Waals surface area (Å²) in [6.45, 7) is 7.88. The zero-order valence-electron chi connectivity index (χ0n) is 57.3. The molecular weight excluding hydrogens is 1350 g/mol. The fraction of sp³-hybridized carbons (Fsp3) is 0.738. The van der Waals surface area contributed by atoms with E-state index in [1.807, 2.05) is 0 Å². The highest BCUT2D eigenvalue weighted by Gasteiger charge is 2.47. The molecule has 0 saturated carbocycles. The fourth-order valence-corrected chi connectivity index (χ4v) is 14.1. The van der Waals surface area contributed by atoms with E-state index in [-0.39, 0.29) is 96.5 Å². The van der Waals surface area contributed by atoms with Crippen LogP contribution in [0.25, 0.3) is 0 Å². The molecule has 16 atom stereocenters.